The van der Waals surface area contributed by atoms with Gasteiger partial charge in [-0.25, -0.2) is 0 Å². The molecule has 0 unspecified atom stereocenters. The number of hydrogen-bond acceptors (Lipinski definition) is 0. The molecule has 0 aromatic heterocycles. The van der Waals surface area contributed by atoms with Crippen LogP contribution in [0.25, 0.3) is 0 Å². The average molecular weight is 339 g/mol. The summed E-state index contributed by atoms with van der Waals surface area (Å²) in [6, 6.07) is 0. The Morgan fingerprint density at radius 2 is 1.38 bits per heavy atom. The van der Waals surface area contributed by atoms with E-state index < -0.39 is 0 Å². The average Bonchev–Trinajstić information content (AvgIpc) is 2.24. The Bertz CT molecular complexity index is 153. The van der Waals surface area contributed by atoms with Gasteiger partial charge < -0.3 is 28.5 Å². The van der Waals surface area contributed by atoms with Crippen molar-refractivity contribution in [2.24, 2.45) is 0 Å². The number of likely N-dealkylation sites (tertiary alicyclic amines) is 1. The predicted octanol–water partition coefficient (Wildman–Crippen LogP) is 0.981. The fraction of sp³-hybridized carbons (Fsp3) is 1.00. The second kappa shape index (κ2) is 9.69. The van der Waals surface area contributed by atoms with Crippen LogP contribution in [0.3, 0.4) is 0 Å². The lowest BCUT2D eigenvalue weighted by Crippen LogP contribution is -3.00. The van der Waals surface area contributed by atoms with Gasteiger partial charge in [-0.2, -0.15) is 0 Å². The highest BCUT2D eigenvalue weighted by atomic mass is 127. The highest BCUT2D eigenvalue weighted by Crippen LogP contribution is 2.17. The Kier molecular flexibility index (Phi) is 10.1. The van der Waals surface area contributed by atoms with Crippen molar-refractivity contribution in [2.45, 2.75) is 64.7 Å². The van der Waals surface area contributed by atoms with E-state index in [1.54, 1.807) is 0 Å². The van der Waals surface area contributed by atoms with Crippen LogP contribution in [0, 0.1) is 0 Å². The fourth-order valence-corrected chi connectivity index (χ4v) is 2.77. The van der Waals surface area contributed by atoms with Crippen molar-refractivity contribution in [1.29, 1.82) is 0 Å². The minimum Gasteiger partial charge on any atom is -1.00 e. The zero-order chi connectivity index (χ0) is 11.0. The fourth-order valence-electron chi connectivity index (χ4n) is 2.77. The first-order valence-corrected chi connectivity index (χ1v) is 7.10. The zero-order valence-corrected chi connectivity index (χ0v) is 13.5. The van der Waals surface area contributed by atoms with Gasteiger partial charge in [0.15, 0.2) is 0 Å². The van der Waals surface area contributed by atoms with E-state index in [-0.39, 0.29) is 24.0 Å². The summed E-state index contributed by atoms with van der Waals surface area (Å²) in [7, 11) is 2.46. The quantitative estimate of drug-likeness (QED) is 0.369. The maximum atomic E-state index is 2.46. The van der Waals surface area contributed by atoms with Gasteiger partial charge in [0.1, 0.15) is 0 Å². The molecule has 1 saturated heterocycles. The monoisotopic (exact) mass is 339 g/mol. The first-order valence-electron chi connectivity index (χ1n) is 7.10. The van der Waals surface area contributed by atoms with E-state index in [2.05, 4.69) is 14.0 Å². The molecule has 1 fully saturated rings. The molecule has 16 heavy (non-hydrogen) atoms. The molecule has 2 heteroatoms. The third-order valence-corrected chi connectivity index (χ3v) is 3.95. The standard InChI is InChI=1S/C14H30N.HI/c1-3-4-5-6-7-9-12-15(2)13-10-8-11-14-15;/h3-14H2,1-2H3;1H/q+1;/p-1. The van der Waals surface area contributed by atoms with Gasteiger partial charge in [0, 0.05) is 0 Å². The molecule has 0 atom stereocenters. The summed E-state index contributed by atoms with van der Waals surface area (Å²) in [5, 5.41) is 0. The van der Waals surface area contributed by atoms with E-state index in [1.165, 1.54) is 81.9 Å². The molecule has 0 bridgehead atoms. The van der Waals surface area contributed by atoms with Crippen LogP contribution < -0.4 is 24.0 Å². The molecule has 0 saturated carbocycles. The highest BCUT2D eigenvalue weighted by molar-refractivity contribution is 4.52. The maximum absolute atomic E-state index is 2.46. The number of unbranched alkanes of at least 4 members (excludes halogenated alkanes) is 5. The van der Waals surface area contributed by atoms with Gasteiger partial charge in [0.25, 0.3) is 0 Å². The van der Waals surface area contributed by atoms with Crippen molar-refractivity contribution in [2.75, 3.05) is 26.7 Å². The number of quaternary nitrogens is 1. The molecule has 0 aromatic carbocycles. The van der Waals surface area contributed by atoms with Crippen LogP contribution in [-0.4, -0.2) is 31.2 Å². The number of hydrogen-bond donors (Lipinski definition) is 0. The molecule has 0 N–H and O–H groups in total. The topological polar surface area (TPSA) is 0 Å². The smallest absolute Gasteiger partial charge is 0.0784 e. The Balaban J connectivity index is 0.00000225. The minimum atomic E-state index is 0. The lowest BCUT2D eigenvalue weighted by molar-refractivity contribution is -0.914. The summed E-state index contributed by atoms with van der Waals surface area (Å²) in [6.07, 6.45) is 13.1. The maximum Gasteiger partial charge on any atom is 0.0784 e. The van der Waals surface area contributed by atoms with Crippen LogP contribution in [0.2, 0.25) is 0 Å². The van der Waals surface area contributed by atoms with Gasteiger partial charge in [-0.3, -0.25) is 0 Å². The summed E-state index contributed by atoms with van der Waals surface area (Å²) in [5.41, 5.74) is 0. The van der Waals surface area contributed by atoms with Crippen LogP contribution >= 0.6 is 0 Å². The summed E-state index contributed by atoms with van der Waals surface area (Å²) in [6.45, 7) is 6.61. The Morgan fingerprint density at radius 1 is 0.812 bits per heavy atom. The highest BCUT2D eigenvalue weighted by Gasteiger charge is 2.23. The third kappa shape index (κ3) is 7.10. The second-order valence-electron chi connectivity index (χ2n) is 5.62. The van der Waals surface area contributed by atoms with Crippen molar-refractivity contribution in [3.05, 3.63) is 0 Å². The van der Waals surface area contributed by atoms with E-state index in [9.17, 15) is 0 Å². The van der Waals surface area contributed by atoms with Crippen molar-refractivity contribution in [3.63, 3.8) is 0 Å². The summed E-state index contributed by atoms with van der Waals surface area (Å²) in [4.78, 5) is 0. The lowest BCUT2D eigenvalue weighted by Gasteiger charge is -2.37. The van der Waals surface area contributed by atoms with Gasteiger partial charge in [0.05, 0.1) is 26.7 Å². The minimum absolute atomic E-state index is 0. The van der Waals surface area contributed by atoms with Gasteiger partial charge >= 0.3 is 0 Å². The molecule has 1 aliphatic rings. The van der Waals surface area contributed by atoms with Crippen LogP contribution in [0.5, 0.6) is 0 Å². The second-order valence-corrected chi connectivity index (χ2v) is 5.62. The van der Waals surface area contributed by atoms with E-state index >= 15 is 0 Å². The van der Waals surface area contributed by atoms with E-state index in [0.29, 0.717) is 0 Å². The molecule has 0 spiro atoms. The zero-order valence-electron chi connectivity index (χ0n) is 11.3. The first kappa shape index (κ1) is 16.7. The molecular formula is C14H30IN. The number of nitrogens with zero attached hydrogens (tertiary/aromatic N) is 1. The molecule has 1 nitrogen and oxygen atoms in total. The molecule has 1 aliphatic heterocycles. The predicted molar refractivity (Wildman–Crippen MR) is 68.0 cm³/mol. The van der Waals surface area contributed by atoms with Crippen LogP contribution in [0.1, 0.15) is 64.7 Å². The van der Waals surface area contributed by atoms with Gasteiger partial charge in [0.2, 0.25) is 0 Å². The largest absolute Gasteiger partial charge is 1.00 e. The van der Waals surface area contributed by atoms with Crippen molar-refractivity contribution < 1.29 is 28.5 Å². The van der Waals surface area contributed by atoms with Crippen LogP contribution in [0.4, 0.5) is 0 Å². The molecular weight excluding hydrogens is 309 g/mol. The normalized spacial score (nSPS) is 19.1. The first-order chi connectivity index (χ1) is 7.27. The summed E-state index contributed by atoms with van der Waals surface area (Å²) < 4.78 is 1.37. The molecule has 0 amide bonds. The summed E-state index contributed by atoms with van der Waals surface area (Å²) >= 11 is 0. The Morgan fingerprint density at radius 3 is 2.00 bits per heavy atom. The number of rotatable bonds is 7. The van der Waals surface area contributed by atoms with Crippen molar-refractivity contribution >= 4 is 0 Å². The Labute approximate surface area is 120 Å². The van der Waals surface area contributed by atoms with E-state index in [1.807, 2.05) is 0 Å². The van der Waals surface area contributed by atoms with Crippen molar-refractivity contribution in [3.8, 4) is 0 Å². The number of piperidine rings is 1. The lowest BCUT2D eigenvalue weighted by atomic mass is 10.1. The summed E-state index contributed by atoms with van der Waals surface area (Å²) in [5.74, 6) is 0. The van der Waals surface area contributed by atoms with Gasteiger partial charge in [-0.15, -0.1) is 0 Å². The molecule has 98 valence electrons. The van der Waals surface area contributed by atoms with Crippen molar-refractivity contribution in [1.82, 2.24) is 0 Å². The molecule has 0 radical (unpaired) electrons. The molecule has 0 aromatic rings. The van der Waals surface area contributed by atoms with Crippen LogP contribution in [-0.2, 0) is 0 Å². The molecule has 1 rings (SSSR count). The molecule has 1 heterocycles. The Hall–Kier alpha value is 0.690. The van der Waals surface area contributed by atoms with E-state index in [4.69, 9.17) is 0 Å². The van der Waals surface area contributed by atoms with Gasteiger partial charge in [-0.05, 0) is 32.1 Å². The third-order valence-electron chi connectivity index (χ3n) is 3.95. The van der Waals surface area contributed by atoms with Crippen LogP contribution in [0.15, 0.2) is 0 Å². The molecule has 0 aliphatic carbocycles. The van der Waals surface area contributed by atoms with Gasteiger partial charge in [-0.1, -0.05) is 32.6 Å². The SMILES string of the molecule is CCCCCCCC[N+]1(C)CCCCC1.[I-]. The number of halogens is 1. The van der Waals surface area contributed by atoms with E-state index in [0.717, 1.165) is 0 Å².